The Labute approximate surface area is 124 Å². The maximum Gasteiger partial charge on any atom is 0.134 e. The van der Waals surface area contributed by atoms with Gasteiger partial charge < -0.3 is 14.8 Å². The normalized spacial score (nSPS) is 22.7. The third-order valence-corrected chi connectivity index (χ3v) is 4.15. The van der Waals surface area contributed by atoms with Crippen molar-refractivity contribution < 1.29 is 18.3 Å². The first-order chi connectivity index (χ1) is 10.1. The molecule has 1 aromatic carbocycles. The van der Waals surface area contributed by atoms with Crippen molar-refractivity contribution >= 4 is 0 Å². The molecule has 1 unspecified atom stereocenters. The van der Waals surface area contributed by atoms with E-state index in [2.05, 4.69) is 5.32 Å². The minimum Gasteiger partial charge on any atom is -0.497 e. The van der Waals surface area contributed by atoms with Gasteiger partial charge in [-0.15, -0.1) is 0 Å². The van der Waals surface area contributed by atoms with Crippen LogP contribution < -0.4 is 10.1 Å². The first-order valence-electron chi connectivity index (χ1n) is 7.40. The first kappa shape index (κ1) is 16.2. The standard InChI is InChI=1S/C16H23F2NO2/c1-4-21-12-5-10(6-12)7-15(19-2)16-13(17)8-11(20-3)9-14(16)18/h8-10,12,15,19H,4-7H2,1-3H3. The highest BCUT2D eigenvalue weighted by Gasteiger charge is 2.33. The van der Waals surface area contributed by atoms with E-state index in [4.69, 9.17) is 9.47 Å². The number of hydrogen-bond donors (Lipinski definition) is 1. The fraction of sp³-hybridized carbons (Fsp3) is 0.625. The van der Waals surface area contributed by atoms with Gasteiger partial charge in [0.2, 0.25) is 0 Å². The highest BCUT2D eigenvalue weighted by molar-refractivity contribution is 5.32. The molecule has 3 nitrogen and oxygen atoms in total. The van der Waals surface area contributed by atoms with Crippen LogP contribution in [0.1, 0.15) is 37.8 Å². The molecule has 1 saturated carbocycles. The molecule has 1 aliphatic carbocycles. The summed E-state index contributed by atoms with van der Waals surface area (Å²) in [4.78, 5) is 0. The molecule has 21 heavy (non-hydrogen) atoms. The molecule has 1 aromatic rings. The molecule has 1 atom stereocenters. The molecule has 0 spiro atoms. The van der Waals surface area contributed by atoms with E-state index in [9.17, 15) is 8.78 Å². The highest BCUT2D eigenvalue weighted by atomic mass is 19.1. The van der Waals surface area contributed by atoms with Gasteiger partial charge in [0.25, 0.3) is 0 Å². The van der Waals surface area contributed by atoms with Crippen LogP contribution >= 0.6 is 0 Å². The van der Waals surface area contributed by atoms with Gasteiger partial charge in [0.1, 0.15) is 17.4 Å². The Hall–Kier alpha value is -1.20. The van der Waals surface area contributed by atoms with Gasteiger partial charge in [-0.2, -0.15) is 0 Å². The Morgan fingerprint density at radius 1 is 1.29 bits per heavy atom. The van der Waals surface area contributed by atoms with Gasteiger partial charge in [0, 0.05) is 30.3 Å². The molecule has 1 fully saturated rings. The largest absolute Gasteiger partial charge is 0.497 e. The van der Waals surface area contributed by atoms with Crippen molar-refractivity contribution in [2.75, 3.05) is 20.8 Å². The van der Waals surface area contributed by atoms with Crippen molar-refractivity contribution in [3.63, 3.8) is 0 Å². The molecule has 118 valence electrons. The zero-order valence-corrected chi connectivity index (χ0v) is 12.8. The second-order valence-corrected chi connectivity index (χ2v) is 5.50. The number of nitrogens with one attached hydrogen (secondary N) is 1. The summed E-state index contributed by atoms with van der Waals surface area (Å²) >= 11 is 0. The van der Waals surface area contributed by atoms with Crippen LogP contribution in [-0.2, 0) is 4.74 Å². The lowest BCUT2D eigenvalue weighted by molar-refractivity contribution is -0.0291. The third kappa shape index (κ3) is 3.71. The molecule has 0 heterocycles. The van der Waals surface area contributed by atoms with Gasteiger partial charge in [-0.05, 0) is 39.2 Å². The molecule has 1 aliphatic rings. The maximum atomic E-state index is 14.1. The van der Waals surface area contributed by atoms with Gasteiger partial charge >= 0.3 is 0 Å². The van der Waals surface area contributed by atoms with Crippen LogP contribution in [0, 0.1) is 17.6 Å². The smallest absolute Gasteiger partial charge is 0.134 e. The zero-order valence-electron chi connectivity index (χ0n) is 12.8. The summed E-state index contributed by atoms with van der Waals surface area (Å²) in [6.45, 7) is 2.69. The first-order valence-corrected chi connectivity index (χ1v) is 7.40. The number of methoxy groups -OCH3 is 1. The molecule has 2 rings (SSSR count). The highest BCUT2D eigenvalue weighted by Crippen LogP contribution is 2.38. The van der Waals surface area contributed by atoms with E-state index < -0.39 is 11.6 Å². The molecular formula is C16H23F2NO2. The summed E-state index contributed by atoms with van der Waals surface area (Å²) in [6.07, 6.45) is 2.94. The number of benzene rings is 1. The fourth-order valence-corrected chi connectivity index (χ4v) is 2.96. The molecular weight excluding hydrogens is 276 g/mol. The topological polar surface area (TPSA) is 30.5 Å². The maximum absolute atomic E-state index is 14.1. The Kier molecular flexibility index (Phi) is 5.53. The van der Waals surface area contributed by atoms with E-state index in [0.29, 0.717) is 25.0 Å². The quantitative estimate of drug-likeness (QED) is 0.836. The lowest BCUT2D eigenvalue weighted by Gasteiger charge is -2.37. The van der Waals surface area contributed by atoms with Crippen molar-refractivity contribution in [1.82, 2.24) is 5.32 Å². The SMILES string of the molecule is CCOC1CC(CC(NC)c2c(F)cc(OC)cc2F)C1. The Bertz CT molecular complexity index is 452. The van der Waals surface area contributed by atoms with Crippen LogP contribution in [0.4, 0.5) is 8.78 Å². The van der Waals surface area contributed by atoms with Crippen LogP contribution in [0.5, 0.6) is 5.75 Å². The van der Waals surface area contributed by atoms with Gasteiger partial charge in [0.15, 0.2) is 0 Å². The lowest BCUT2D eigenvalue weighted by atomic mass is 9.77. The van der Waals surface area contributed by atoms with Gasteiger partial charge in [-0.3, -0.25) is 0 Å². The average Bonchev–Trinajstić information content (AvgIpc) is 2.42. The Morgan fingerprint density at radius 2 is 1.90 bits per heavy atom. The number of ether oxygens (including phenoxy) is 2. The Balaban J connectivity index is 2.05. The summed E-state index contributed by atoms with van der Waals surface area (Å²) in [5.41, 5.74) is 0.0955. The summed E-state index contributed by atoms with van der Waals surface area (Å²) in [5, 5.41) is 3.02. The summed E-state index contributed by atoms with van der Waals surface area (Å²) in [5.74, 6) is -0.484. The van der Waals surface area contributed by atoms with Crippen LogP contribution in [0.25, 0.3) is 0 Å². The van der Waals surface area contributed by atoms with Crippen molar-refractivity contribution in [2.45, 2.75) is 38.3 Å². The van der Waals surface area contributed by atoms with Crippen LogP contribution in [0.15, 0.2) is 12.1 Å². The predicted molar refractivity (Wildman–Crippen MR) is 77.5 cm³/mol. The van der Waals surface area contributed by atoms with Crippen molar-refractivity contribution in [3.05, 3.63) is 29.3 Å². The second-order valence-electron chi connectivity index (χ2n) is 5.50. The Morgan fingerprint density at radius 3 is 2.38 bits per heavy atom. The van der Waals surface area contributed by atoms with E-state index in [1.165, 1.54) is 19.2 Å². The van der Waals surface area contributed by atoms with E-state index in [0.717, 1.165) is 12.8 Å². The number of hydrogen-bond acceptors (Lipinski definition) is 3. The molecule has 5 heteroatoms. The molecule has 0 aromatic heterocycles. The van der Waals surface area contributed by atoms with E-state index >= 15 is 0 Å². The molecule has 0 radical (unpaired) electrons. The van der Waals surface area contributed by atoms with Crippen LogP contribution in [0.3, 0.4) is 0 Å². The van der Waals surface area contributed by atoms with Gasteiger partial charge in [0.05, 0.1) is 13.2 Å². The number of rotatable bonds is 7. The minimum absolute atomic E-state index is 0.0955. The fourth-order valence-electron chi connectivity index (χ4n) is 2.96. The van der Waals surface area contributed by atoms with Crippen molar-refractivity contribution in [1.29, 1.82) is 0 Å². The third-order valence-electron chi connectivity index (χ3n) is 4.15. The van der Waals surface area contributed by atoms with E-state index in [-0.39, 0.29) is 17.4 Å². The van der Waals surface area contributed by atoms with Gasteiger partial charge in [-0.25, -0.2) is 8.78 Å². The van der Waals surface area contributed by atoms with Crippen LogP contribution in [0.2, 0.25) is 0 Å². The zero-order chi connectivity index (χ0) is 15.4. The van der Waals surface area contributed by atoms with Crippen molar-refractivity contribution in [3.8, 4) is 5.75 Å². The molecule has 0 bridgehead atoms. The summed E-state index contributed by atoms with van der Waals surface area (Å²) in [7, 11) is 3.12. The molecule has 1 N–H and O–H groups in total. The van der Waals surface area contributed by atoms with E-state index in [1.54, 1.807) is 7.05 Å². The van der Waals surface area contributed by atoms with Crippen LogP contribution in [-0.4, -0.2) is 26.9 Å². The molecule has 0 amide bonds. The van der Waals surface area contributed by atoms with E-state index in [1.807, 2.05) is 6.92 Å². The molecule has 0 saturated heterocycles. The van der Waals surface area contributed by atoms with Crippen molar-refractivity contribution in [2.24, 2.45) is 5.92 Å². The molecule has 0 aliphatic heterocycles. The number of halogens is 2. The summed E-state index contributed by atoms with van der Waals surface area (Å²) < 4.78 is 38.6. The lowest BCUT2D eigenvalue weighted by Crippen LogP contribution is -2.34. The second kappa shape index (κ2) is 7.18. The van der Waals surface area contributed by atoms with Gasteiger partial charge in [-0.1, -0.05) is 0 Å². The average molecular weight is 299 g/mol. The predicted octanol–water partition coefficient (Wildman–Crippen LogP) is 3.44. The minimum atomic E-state index is -0.563. The summed E-state index contributed by atoms with van der Waals surface area (Å²) in [6, 6.07) is 2.13. The monoisotopic (exact) mass is 299 g/mol.